The number of rotatable bonds is 4. The predicted molar refractivity (Wildman–Crippen MR) is 40.5 cm³/mol. The lowest BCUT2D eigenvalue weighted by Crippen LogP contribution is -2.37. The second-order valence-electron chi connectivity index (χ2n) is 2.32. The van der Waals surface area contributed by atoms with Crippen LogP contribution in [0, 0.1) is 0 Å². The molecule has 3 N–H and O–H groups in total. The second-order valence-corrected chi connectivity index (χ2v) is 4.10. The maximum absolute atomic E-state index is 10.7. The lowest BCUT2D eigenvalue weighted by molar-refractivity contribution is 0.169. The van der Waals surface area contributed by atoms with Gasteiger partial charge >= 0.3 is 0 Å². The topological polar surface area (TPSA) is 89.6 Å². The Morgan fingerprint density at radius 3 is 2.36 bits per heavy atom. The Morgan fingerprint density at radius 2 is 2.09 bits per heavy atom. The largest absolute Gasteiger partial charge is 0.390 e. The van der Waals surface area contributed by atoms with Crippen LogP contribution in [0.2, 0.25) is 0 Å². The van der Waals surface area contributed by atoms with Crippen LogP contribution in [0.5, 0.6) is 0 Å². The molecule has 0 radical (unpaired) electrons. The van der Waals surface area contributed by atoms with E-state index < -0.39 is 28.0 Å². The molecule has 6 heteroatoms. The van der Waals surface area contributed by atoms with Gasteiger partial charge in [-0.15, -0.1) is 0 Å². The highest BCUT2D eigenvalue weighted by molar-refractivity contribution is 7.86. The fourth-order valence-electron chi connectivity index (χ4n) is 0.429. The van der Waals surface area contributed by atoms with Crippen molar-refractivity contribution in [2.45, 2.75) is 19.1 Å². The molecule has 0 bridgehead atoms. The number of nitrogens with two attached hydrogens (primary N) is 1. The summed E-state index contributed by atoms with van der Waals surface area (Å²) in [5.74, 6) is -0.457. The van der Waals surface area contributed by atoms with E-state index in [0.717, 1.165) is 7.11 Å². The van der Waals surface area contributed by atoms with Gasteiger partial charge in [0.15, 0.2) is 0 Å². The highest BCUT2D eigenvalue weighted by Gasteiger charge is 2.19. The van der Waals surface area contributed by atoms with E-state index in [2.05, 4.69) is 4.18 Å². The lowest BCUT2D eigenvalue weighted by Gasteiger charge is -2.12. The van der Waals surface area contributed by atoms with Crippen molar-refractivity contribution < 1.29 is 17.7 Å². The molecule has 0 spiro atoms. The number of hydrogen-bond acceptors (Lipinski definition) is 5. The fraction of sp³-hybridized carbons (Fsp3) is 1.00. The standard InChI is InChI=1S/C5H13NO4S/c1-4(6)5(7)3-11(8,9)10-2/h4-5,7H,3,6H2,1-2H3. The molecule has 0 aromatic rings. The second kappa shape index (κ2) is 4.01. The van der Waals surface area contributed by atoms with Gasteiger partial charge in [0.25, 0.3) is 10.1 Å². The van der Waals surface area contributed by atoms with Crippen LogP contribution >= 0.6 is 0 Å². The Bertz CT molecular complexity index is 199. The van der Waals surface area contributed by atoms with Crippen molar-refractivity contribution in [2.24, 2.45) is 5.73 Å². The molecule has 0 heterocycles. The molecule has 0 saturated heterocycles. The van der Waals surface area contributed by atoms with Crippen LogP contribution in [0.3, 0.4) is 0 Å². The maximum Gasteiger partial charge on any atom is 0.269 e. The third-order valence-corrected chi connectivity index (χ3v) is 2.49. The molecule has 0 aromatic heterocycles. The zero-order valence-corrected chi connectivity index (χ0v) is 7.34. The van der Waals surface area contributed by atoms with Crippen LogP contribution < -0.4 is 5.73 Å². The van der Waals surface area contributed by atoms with Gasteiger partial charge in [0.1, 0.15) is 5.75 Å². The van der Waals surface area contributed by atoms with Crippen molar-refractivity contribution in [3.05, 3.63) is 0 Å². The summed E-state index contributed by atoms with van der Waals surface area (Å²) in [5, 5.41) is 9.01. The van der Waals surface area contributed by atoms with Crippen LogP contribution in [0.1, 0.15) is 6.92 Å². The van der Waals surface area contributed by atoms with Crippen molar-refractivity contribution >= 4 is 10.1 Å². The first kappa shape index (κ1) is 10.8. The normalized spacial score (nSPS) is 17.8. The number of hydrogen-bond donors (Lipinski definition) is 2. The monoisotopic (exact) mass is 183 g/mol. The first-order chi connectivity index (χ1) is 4.89. The van der Waals surface area contributed by atoms with E-state index in [1.54, 1.807) is 0 Å². The van der Waals surface area contributed by atoms with Gasteiger partial charge in [-0.05, 0) is 6.92 Å². The third-order valence-electron chi connectivity index (χ3n) is 1.24. The Morgan fingerprint density at radius 1 is 1.64 bits per heavy atom. The van der Waals surface area contributed by atoms with Crippen LogP contribution in [-0.4, -0.2) is 38.5 Å². The molecule has 5 nitrogen and oxygen atoms in total. The Kier molecular flexibility index (Phi) is 3.95. The van der Waals surface area contributed by atoms with Crippen molar-refractivity contribution in [3.63, 3.8) is 0 Å². The SMILES string of the molecule is COS(=O)(=O)CC(O)C(C)N. The fourth-order valence-corrected chi connectivity index (χ4v) is 1.29. The van der Waals surface area contributed by atoms with Gasteiger partial charge in [0.2, 0.25) is 0 Å². The van der Waals surface area contributed by atoms with E-state index in [0.29, 0.717) is 0 Å². The van der Waals surface area contributed by atoms with Gasteiger partial charge in [-0.25, -0.2) is 0 Å². The summed E-state index contributed by atoms with van der Waals surface area (Å²) in [7, 11) is -2.55. The van der Waals surface area contributed by atoms with Crippen LogP contribution in [-0.2, 0) is 14.3 Å². The third kappa shape index (κ3) is 4.31. The van der Waals surface area contributed by atoms with Gasteiger partial charge in [-0.3, -0.25) is 4.18 Å². The van der Waals surface area contributed by atoms with Gasteiger partial charge in [0.05, 0.1) is 13.2 Å². The minimum Gasteiger partial charge on any atom is -0.390 e. The lowest BCUT2D eigenvalue weighted by atomic mass is 10.2. The zero-order valence-electron chi connectivity index (χ0n) is 6.52. The first-order valence-corrected chi connectivity index (χ1v) is 4.68. The quantitative estimate of drug-likeness (QED) is 0.527. The molecule has 0 amide bonds. The van der Waals surface area contributed by atoms with E-state index in [-0.39, 0.29) is 0 Å². The van der Waals surface area contributed by atoms with Gasteiger partial charge in [-0.2, -0.15) is 8.42 Å². The molecule has 0 fully saturated rings. The summed E-state index contributed by atoms with van der Waals surface area (Å²) < 4.78 is 25.5. The molecule has 0 aliphatic heterocycles. The van der Waals surface area contributed by atoms with Crippen molar-refractivity contribution in [2.75, 3.05) is 12.9 Å². The minimum atomic E-state index is -3.59. The average molecular weight is 183 g/mol. The van der Waals surface area contributed by atoms with E-state index in [4.69, 9.17) is 10.8 Å². The van der Waals surface area contributed by atoms with E-state index in [9.17, 15) is 8.42 Å². The maximum atomic E-state index is 10.7. The molecule has 0 aliphatic rings. The molecule has 0 rings (SSSR count). The molecule has 0 aromatic carbocycles. The first-order valence-electron chi connectivity index (χ1n) is 3.11. The molecule has 0 aliphatic carbocycles. The van der Waals surface area contributed by atoms with Gasteiger partial charge in [-0.1, -0.05) is 0 Å². The van der Waals surface area contributed by atoms with E-state index >= 15 is 0 Å². The summed E-state index contributed by atoms with van der Waals surface area (Å²) in [6.45, 7) is 1.52. The predicted octanol–water partition coefficient (Wildman–Crippen LogP) is -1.33. The highest BCUT2D eigenvalue weighted by atomic mass is 32.2. The summed E-state index contributed by atoms with van der Waals surface area (Å²) in [5.41, 5.74) is 5.23. The summed E-state index contributed by atoms with van der Waals surface area (Å²) in [6, 6.07) is -0.570. The summed E-state index contributed by atoms with van der Waals surface area (Å²) >= 11 is 0. The minimum absolute atomic E-state index is 0.457. The highest BCUT2D eigenvalue weighted by Crippen LogP contribution is 1.97. The smallest absolute Gasteiger partial charge is 0.269 e. The molecule has 11 heavy (non-hydrogen) atoms. The molecule has 0 saturated carbocycles. The molecule has 68 valence electrons. The van der Waals surface area contributed by atoms with Crippen molar-refractivity contribution in [1.82, 2.24) is 0 Å². The van der Waals surface area contributed by atoms with Crippen LogP contribution in [0.4, 0.5) is 0 Å². The molecule has 2 unspecified atom stereocenters. The Labute approximate surface area is 66.3 Å². The van der Waals surface area contributed by atoms with Gasteiger partial charge in [0, 0.05) is 6.04 Å². The number of aliphatic hydroxyl groups is 1. The van der Waals surface area contributed by atoms with E-state index in [1.165, 1.54) is 6.92 Å². The number of aliphatic hydroxyl groups excluding tert-OH is 1. The Hall–Kier alpha value is -0.170. The van der Waals surface area contributed by atoms with Crippen molar-refractivity contribution in [3.8, 4) is 0 Å². The van der Waals surface area contributed by atoms with Crippen molar-refractivity contribution in [1.29, 1.82) is 0 Å². The molecular formula is C5H13NO4S. The zero-order chi connectivity index (χ0) is 9.07. The summed E-state index contributed by atoms with van der Waals surface area (Å²) in [6.07, 6.45) is -1.07. The average Bonchev–Trinajstić information content (AvgIpc) is 1.87. The Balaban J connectivity index is 4.05. The van der Waals surface area contributed by atoms with Gasteiger partial charge < -0.3 is 10.8 Å². The van der Waals surface area contributed by atoms with Crippen LogP contribution in [0.25, 0.3) is 0 Å². The molecule has 2 atom stereocenters. The summed E-state index contributed by atoms with van der Waals surface area (Å²) in [4.78, 5) is 0. The van der Waals surface area contributed by atoms with Crippen LogP contribution in [0.15, 0.2) is 0 Å². The molecular weight excluding hydrogens is 170 g/mol. The van der Waals surface area contributed by atoms with E-state index in [1.807, 2.05) is 0 Å².